The van der Waals surface area contributed by atoms with Gasteiger partial charge in [0, 0.05) is 9.92 Å². The van der Waals surface area contributed by atoms with Gasteiger partial charge in [0.15, 0.2) is 0 Å². The summed E-state index contributed by atoms with van der Waals surface area (Å²) in [5, 5.41) is 3.05. The molecular weight excluding hydrogens is 402 g/mol. The van der Waals surface area contributed by atoms with Crippen LogP contribution in [0.2, 0.25) is 5.02 Å². The van der Waals surface area contributed by atoms with Gasteiger partial charge in [-0.25, -0.2) is 4.98 Å². The fraction of sp³-hybridized carbons (Fsp3) is 0.158. The largest absolute Gasteiger partial charge is 0.457 e. The van der Waals surface area contributed by atoms with E-state index < -0.39 is 11.2 Å². The van der Waals surface area contributed by atoms with Crippen LogP contribution in [-0.2, 0) is 20.9 Å². The van der Waals surface area contributed by atoms with Crippen molar-refractivity contribution < 1.29 is 14.3 Å². The highest BCUT2D eigenvalue weighted by Gasteiger charge is 2.29. The van der Waals surface area contributed by atoms with Gasteiger partial charge < -0.3 is 15.0 Å². The summed E-state index contributed by atoms with van der Waals surface area (Å²) in [6, 6.07) is 12.1. The maximum atomic E-state index is 12.2. The molecule has 2 aromatic carbocycles. The zero-order valence-electron chi connectivity index (χ0n) is 14.4. The summed E-state index contributed by atoms with van der Waals surface area (Å²) in [6.07, 6.45) is -0.0888. The molecule has 1 unspecified atom stereocenters. The van der Waals surface area contributed by atoms with Crippen LogP contribution in [0.3, 0.4) is 0 Å². The van der Waals surface area contributed by atoms with Crippen LogP contribution >= 0.6 is 23.4 Å². The van der Waals surface area contributed by atoms with Crippen molar-refractivity contribution in [3.05, 3.63) is 63.7 Å². The number of H-pyrrole nitrogens is 1. The van der Waals surface area contributed by atoms with E-state index in [0.29, 0.717) is 15.9 Å². The van der Waals surface area contributed by atoms with Crippen molar-refractivity contribution in [3.63, 3.8) is 0 Å². The molecule has 0 spiro atoms. The molecule has 1 aliphatic rings. The number of hydrogen-bond donors (Lipinski definition) is 2. The Hall–Kier alpha value is -2.84. The number of carbonyl (C=O) groups is 2. The van der Waals surface area contributed by atoms with Crippen molar-refractivity contribution in [1.29, 1.82) is 0 Å². The van der Waals surface area contributed by atoms with Gasteiger partial charge in [-0.15, -0.1) is 11.8 Å². The Morgan fingerprint density at radius 1 is 1.21 bits per heavy atom. The molecule has 1 aromatic heterocycles. The molecule has 0 bridgehead atoms. The van der Waals surface area contributed by atoms with Gasteiger partial charge in [0.05, 0.1) is 28.3 Å². The van der Waals surface area contributed by atoms with Gasteiger partial charge in [-0.1, -0.05) is 23.7 Å². The van der Waals surface area contributed by atoms with Gasteiger partial charge in [-0.3, -0.25) is 14.4 Å². The molecule has 0 aliphatic carbocycles. The standard InChI is InChI=1S/C19H14ClN3O4S/c20-10-5-6-11-13(7-10)21-16(23-18(11)25)9-27-17(24)8-15-19(26)22-12-3-1-2-4-14(12)28-15/h1-7,15H,8-9H2,(H,22,26)(H,21,23,25). The fourth-order valence-electron chi connectivity index (χ4n) is 2.82. The number of aromatic amines is 1. The molecular formula is C19H14ClN3O4S. The average molecular weight is 416 g/mol. The number of ether oxygens (including phenoxy) is 1. The van der Waals surface area contributed by atoms with E-state index in [2.05, 4.69) is 15.3 Å². The normalized spacial score (nSPS) is 15.8. The Labute approximate surface area is 168 Å². The van der Waals surface area contributed by atoms with E-state index in [1.807, 2.05) is 24.3 Å². The van der Waals surface area contributed by atoms with E-state index in [-0.39, 0.29) is 30.3 Å². The number of carbonyl (C=O) groups excluding carboxylic acids is 2. The van der Waals surface area contributed by atoms with E-state index in [1.54, 1.807) is 18.2 Å². The zero-order valence-corrected chi connectivity index (χ0v) is 16.0. The molecule has 0 saturated carbocycles. The summed E-state index contributed by atoms with van der Waals surface area (Å²) < 4.78 is 5.20. The van der Waals surface area contributed by atoms with Crippen molar-refractivity contribution in [2.75, 3.05) is 5.32 Å². The number of para-hydroxylation sites is 1. The summed E-state index contributed by atoms with van der Waals surface area (Å²) in [4.78, 5) is 44.2. The molecule has 28 heavy (non-hydrogen) atoms. The number of anilines is 1. The number of nitrogens with zero attached hydrogens (tertiary/aromatic N) is 1. The molecule has 4 rings (SSSR count). The zero-order chi connectivity index (χ0) is 19.7. The summed E-state index contributed by atoms with van der Waals surface area (Å²) in [5.41, 5.74) is 0.811. The minimum atomic E-state index is -0.579. The highest BCUT2D eigenvalue weighted by molar-refractivity contribution is 8.01. The number of halogens is 1. The molecule has 7 nitrogen and oxygen atoms in total. The van der Waals surface area contributed by atoms with Crippen molar-refractivity contribution in [2.45, 2.75) is 23.2 Å². The van der Waals surface area contributed by atoms with E-state index in [0.717, 1.165) is 10.6 Å². The monoisotopic (exact) mass is 415 g/mol. The molecule has 142 valence electrons. The van der Waals surface area contributed by atoms with E-state index in [9.17, 15) is 14.4 Å². The lowest BCUT2D eigenvalue weighted by molar-refractivity contribution is -0.146. The predicted molar refractivity (Wildman–Crippen MR) is 107 cm³/mol. The summed E-state index contributed by atoms with van der Waals surface area (Å²) in [5.74, 6) is -0.590. The topological polar surface area (TPSA) is 101 Å². The maximum absolute atomic E-state index is 12.2. The number of thioether (sulfide) groups is 1. The third kappa shape index (κ3) is 3.88. The molecule has 0 saturated heterocycles. The Balaban J connectivity index is 1.42. The Bertz CT molecular complexity index is 1150. The SMILES string of the molecule is O=C(CC1Sc2ccccc2NC1=O)OCc1nc2cc(Cl)ccc2c(=O)[nH]1. The highest BCUT2D eigenvalue weighted by Crippen LogP contribution is 2.36. The van der Waals surface area contributed by atoms with Gasteiger partial charge in [0.25, 0.3) is 5.56 Å². The number of esters is 1. The molecule has 9 heteroatoms. The Morgan fingerprint density at radius 2 is 2.04 bits per heavy atom. The average Bonchev–Trinajstić information content (AvgIpc) is 2.66. The first-order valence-electron chi connectivity index (χ1n) is 8.40. The van der Waals surface area contributed by atoms with Crippen LogP contribution in [0, 0.1) is 0 Å². The van der Waals surface area contributed by atoms with E-state index >= 15 is 0 Å². The van der Waals surface area contributed by atoms with Crippen molar-refractivity contribution in [1.82, 2.24) is 9.97 Å². The van der Waals surface area contributed by atoms with Crippen LogP contribution < -0.4 is 10.9 Å². The molecule has 0 fully saturated rings. The number of amides is 1. The van der Waals surface area contributed by atoms with Crippen LogP contribution in [0.15, 0.2) is 52.2 Å². The summed E-state index contributed by atoms with van der Waals surface area (Å²) >= 11 is 7.25. The second-order valence-electron chi connectivity index (χ2n) is 6.13. The number of rotatable bonds is 4. The van der Waals surface area contributed by atoms with E-state index in [1.165, 1.54) is 11.8 Å². The maximum Gasteiger partial charge on any atom is 0.307 e. The lowest BCUT2D eigenvalue weighted by atomic mass is 10.2. The highest BCUT2D eigenvalue weighted by atomic mass is 35.5. The van der Waals surface area contributed by atoms with Crippen LogP contribution in [0.1, 0.15) is 12.2 Å². The Morgan fingerprint density at radius 3 is 2.89 bits per heavy atom. The van der Waals surface area contributed by atoms with Crippen LogP contribution in [0.25, 0.3) is 10.9 Å². The predicted octanol–water partition coefficient (Wildman–Crippen LogP) is 3.12. The molecule has 2 heterocycles. The van der Waals surface area contributed by atoms with E-state index in [4.69, 9.17) is 16.3 Å². The fourth-order valence-corrected chi connectivity index (χ4v) is 4.08. The van der Waals surface area contributed by atoms with Gasteiger partial charge in [0.2, 0.25) is 5.91 Å². The third-order valence-corrected chi connectivity index (χ3v) is 5.66. The molecule has 1 aliphatic heterocycles. The number of aromatic nitrogens is 2. The first kappa shape index (κ1) is 18.5. The first-order chi connectivity index (χ1) is 13.5. The van der Waals surface area contributed by atoms with Gasteiger partial charge in [0.1, 0.15) is 12.4 Å². The lowest BCUT2D eigenvalue weighted by Crippen LogP contribution is -2.31. The number of benzene rings is 2. The quantitative estimate of drug-likeness (QED) is 0.635. The number of hydrogen-bond acceptors (Lipinski definition) is 6. The molecule has 3 aromatic rings. The van der Waals surface area contributed by atoms with Crippen molar-refractivity contribution >= 4 is 51.8 Å². The molecule has 2 N–H and O–H groups in total. The number of nitrogens with one attached hydrogen (secondary N) is 2. The van der Waals surface area contributed by atoms with Crippen molar-refractivity contribution in [3.8, 4) is 0 Å². The molecule has 0 radical (unpaired) electrons. The third-order valence-electron chi connectivity index (χ3n) is 4.15. The Kier molecular flexibility index (Phi) is 5.06. The van der Waals surface area contributed by atoms with Crippen LogP contribution in [-0.4, -0.2) is 27.1 Å². The van der Waals surface area contributed by atoms with Crippen molar-refractivity contribution in [2.24, 2.45) is 0 Å². The van der Waals surface area contributed by atoms with Crippen LogP contribution in [0.5, 0.6) is 0 Å². The second-order valence-corrected chi connectivity index (χ2v) is 7.81. The first-order valence-corrected chi connectivity index (χ1v) is 9.66. The molecule has 1 amide bonds. The van der Waals surface area contributed by atoms with Crippen LogP contribution in [0.4, 0.5) is 5.69 Å². The second kappa shape index (κ2) is 7.65. The van der Waals surface area contributed by atoms with Gasteiger partial charge in [-0.2, -0.15) is 0 Å². The number of fused-ring (bicyclic) bond motifs is 2. The lowest BCUT2D eigenvalue weighted by Gasteiger charge is -2.23. The minimum absolute atomic E-state index is 0.0888. The smallest absolute Gasteiger partial charge is 0.307 e. The van der Waals surface area contributed by atoms with Gasteiger partial charge in [-0.05, 0) is 30.3 Å². The van der Waals surface area contributed by atoms with Gasteiger partial charge >= 0.3 is 5.97 Å². The summed E-state index contributed by atoms with van der Waals surface area (Å²) in [6.45, 7) is -0.202. The minimum Gasteiger partial charge on any atom is -0.457 e. The summed E-state index contributed by atoms with van der Waals surface area (Å²) in [7, 11) is 0. The molecule has 1 atom stereocenters.